The van der Waals surface area contributed by atoms with Gasteiger partial charge in [-0.05, 0) is 30.7 Å². The number of aromatic nitrogens is 2. The monoisotopic (exact) mass is 497 g/mol. The summed E-state index contributed by atoms with van der Waals surface area (Å²) in [4.78, 5) is 21.5. The molecule has 0 fully saturated rings. The van der Waals surface area contributed by atoms with Crippen LogP contribution in [0.25, 0.3) is 10.9 Å². The summed E-state index contributed by atoms with van der Waals surface area (Å²) in [5.74, 6) is 5.80. The van der Waals surface area contributed by atoms with Gasteiger partial charge in [-0.3, -0.25) is 9.71 Å². The second kappa shape index (κ2) is 10.1. The van der Waals surface area contributed by atoms with E-state index in [1.165, 1.54) is 7.11 Å². The maximum absolute atomic E-state index is 13.4. The first-order valence-corrected chi connectivity index (χ1v) is 12.4. The fourth-order valence-corrected chi connectivity index (χ4v) is 5.19. The molecule has 0 aliphatic carbocycles. The smallest absolute Gasteiger partial charge is 0.358 e. The lowest BCUT2D eigenvalue weighted by molar-refractivity contribution is 0.0595. The molecule has 0 bridgehead atoms. The molecule has 8 nitrogen and oxygen atoms in total. The number of hydrogen-bond donors (Lipinski definition) is 3. The first-order chi connectivity index (χ1) is 17.6. The zero-order valence-corrected chi connectivity index (χ0v) is 20.5. The summed E-state index contributed by atoms with van der Waals surface area (Å²) < 4.78 is 21.4. The lowest BCUT2D eigenvalue weighted by Gasteiger charge is -2.22. The molecule has 3 N–H and O–H groups in total. The molecule has 0 radical (unpaired) electrons. The minimum absolute atomic E-state index is 0.210. The minimum Gasteiger partial charge on any atom is -0.464 e. The molecule has 1 unspecified atom stereocenters. The second-order valence-corrected chi connectivity index (χ2v) is 9.22. The van der Waals surface area contributed by atoms with Crippen molar-refractivity contribution in [3.05, 3.63) is 83.3 Å². The van der Waals surface area contributed by atoms with E-state index < -0.39 is 17.0 Å². The molecule has 1 atom stereocenters. The van der Waals surface area contributed by atoms with Gasteiger partial charge in [-0.15, -0.1) is 0 Å². The van der Waals surface area contributed by atoms with Crippen molar-refractivity contribution in [2.24, 2.45) is 0 Å². The summed E-state index contributed by atoms with van der Waals surface area (Å²) in [5, 5.41) is 7.43. The van der Waals surface area contributed by atoms with Gasteiger partial charge in [-0.2, -0.15) is 0 Å². The van der Waals surface area contributed by atoms with E-state index in [2.05, 4.69) is 37.2 Å². The Morgan fingerprint density at radius 1 is 1.00 bits per heavy atom. The maximum Gasteiger partial charge on any atom is 0.358 e. The van der Waals surface area contributed by atoms with Crippen LogP contribution in [0.5, 0.6) is 0 Å². The van der Waals surface area contributed by atoms with Crippen molar-refractivity contribution in [1.82, 2.24) is 9.97 Å². The lowest BCUT2D eigenvalue weighted by atomic mass is 10.1. The molecule has 2 aromatic carbocycles. The summed E-state index contributed by atoms with van der Waals surface area (Å²) in [5.41, 5.74) is 5.02. The number of carbonyl (C=O) groups is 1. The molecule has 9 heteroatoms. The number of rotatable bonds is 4. The molecule has 0 spiro atoms. The number of pyridine rings is 2. The predicted octanol–water partition coefficient (Wildman–Crippen LogP) is 4.10. The number of fused-ring (bicyclic) bond motifs is 2. The second-order valence-electron chi connectivity index (χ2n) is 8.07. The van der Waals surface area contributed by atoms with Crippen molar-refractivity contribution in [2.45, 2.75) is 11.8 Å². The van der Waals surface area contributed by atoms with Crippen molar-refractivity contribution in [3.8, 4) is 11.8 Å². The number of nitrogens with one attached hydrogen (secondary N) is 3. The standard InChI is InChI=1S/C27H23N5O3S/c1-17-9-10-19-7-5-13-28-23(19)26(17)36(34)32-21-8-4-3-6-18(21)11-12-20-16-31-25(27(33)35-2)24-22(20)29-14-15-30-24/h3-10,13,16,29-30,32H,14-15H2,1-2H3. The quantitative estimate of drug-likeness (QED) is 0.288. The third-order valence-corrected chi connectivity index (χ3v) is 7.05. The molecule has 1 aliphatic rings. The zero-order chi connectivity index (χ0) is 25.1. The van der Waals surface area contributed by atoms with Crippen molar-refractivity contribution in [1.29, 1.82) is 0 Å². The molecular formula is C27H23N5O3S. The lowest BCUT2D eigenvalue weighted by Crippen LogP contribution is -2.24. The Balaban J connectivity index is 1.49. The van der Waals surface area contributed by atoms with Crippen LogP contribution >= 0.6 is 0 Å². The Morgan fingerprint density at radius 3 is 2.61 bits per heavy atom. The number of methoxy groups -OCH3 is 1. The van der Waals surface area contributed by atoms with E-state index in [1.807, 2.05) is 55.5 Å². The number of ether oxygens (including phenoxy) is 1. The van der Waals surface area contributed by atoms with Crippen LogP contribution in [0.15, 0.2) is 65.8 Å². The number of carbonyl (C=O) groups excluding carboxylic acids is 1. The van der Waals surface area contributed by atoms with Crippen molar-refractivity contribution < 1.29 is 13.7 Å². The number of esters is 1. The highest BCUT2D eigenvalue weighted by molar-refractivity contribution is 7.86. The molecule has 4 aromatic rings. The van der Waals surface area contributed by atoms with E-state index in [0.29, 0.717) is 51.7 Å². The van der Waals surface area contributed by atoms with E-state index in [0.717, 1.165) is 10.9 Å². The SMILES string of the molecule is COC(=O)c1ncc(C#Cc2ccccc2NS(=O)c2c(C)ccc3cccnc23)c2c1NCCN2. The van der Waals surface area contributed by atoms with Crippen molar-refractivity contribution in [2.75, 3.05) is 35.6 Å². The van der Waals surface area contributed by atoms with Gasteiger partial charge in [0.15, 0.2) is 16.7 Å². The van der Waals surface area contributed by atoms with Crippen LogP contribution in [0.3, 0.4) is 0 Å². The first kappa shape index (κ1) is 23.3. The highest BCUT2D eigenvalue weighted by Crippen LogP contribution is 2.31. The third kappa shape index (κ3) is 4.46. The maximum atomic E-state index is 13.4. The van der Waals surface area contributed by atoms with Crippen LogP contribution in [-0.2, 0) is 15.7 Å². The van der Waals surface area contributed by atoms with Gasteiger partial charge in [0.25, 0.3) is 0 Å². The third-order valence-electron chi connectivity index (χ3n) is 5.76. The fourth-order valence-electron chi connectivity index (χ4n) is 4.01. The number of hydrogen-bond acceptors (Lipinski definition) is 7. The Hall–Kier alpha value is -4.42. The van der Waals surface area contributed by atoms with Gasteiger partial charge >= 0.3 is 5.97 Å². The number of benzene rings is 2. The van der Waals surface area contributed by atoms with E-state index in [4.69, 9.17) is 4.74 Å². The van der Waals surface area contributed by atoms with E-state index in [1.54, 1.807) is 12.4 Å². The Kier molecular flexibility index (Phi) is 6.52. The number of nitrogens with zero attached hydrogens (tertiary/aromatic N) is 2. The molecule has 0 saturated heterocycles. The van der Waals surface area contributed by atoms with E-state index in [-0.39, 0.29) is 5.69 Å². The van der Waals surface area contributed by atoms with Crippen LogP contribution in [0.4, 0.5) is 17.1 Å². The molecule has 3 heterocycles. The largest absolute Gasteiger partial charge is 0.464 e. The topological polar surface area (TPSA) is 105 Å². The number of para-hydroxylation sites is 1. The average Bonchev–Trinajstić information content (AvgIpc) is 2.91. The summed E-state index contributed by atoms with van der Waals surface area (Å²) in [6.45, 7) is 3.25. The van der Waals surface area contributed by atoms with Gasteiger partial charge in [0, 0.05) is 36.4 Å². The average molecular weight is 498 g/mol. The van der Waals surface area contributed by atoms with Gasteiger partial charge in [-0.1, -0.05) is 42.2 Å². The normalized spacial score (nSPS) is 12.8. The van der Waals surface area contributed by atoms with Crippen LogP contribution in [0, 0.1) is 18.8 Å². The summed E-state index contributed by atoms with van der Waals surface area (Å²) in [6, 6.07) is 15.2. The van der Waals surface area contributed by atoms with Gasteiger partial charge < -0.3 is 15.4 Å². The van der Waals surface area contributed by atoms with Crippen molar-refractivity contribution >= 4 is 44.9 Å². The molecule has 2 aromatic heterocycles. The van der Waals surface area contributed by atoms with Crippen LogP contribution < -0.4 is 15.4 Å². The number of aryl methyl sites for hydroxylation is 1. The molecule has 0 amide bonds. The predicted molar refractivity (Wildman–Crippen MR) is 141 cm³/mol. The fraction of sp³-hybridized carbons (Fsp3) is 0.148. The Bertz CT molecular complexity index is 1580. The molecule has 36 heavy (non-hydrogen) atoms. The van der Waals surface area contributed by atoms with E-state index in [9.17, 15) is 9.00 Å². The Morgan fingerprint density at radius 2 is 1.78 bits per heavy atom. The van der Waals surface area contributed by atoms with Crippen LogP contribution in [0.2, 0.25) is 0 Å². The molecule has 180 valence electrons. The highest BCUT2D eigenvalue weighted by Gasteiger charge is 2.22. The molecule has 5 rings (SSSR count). The first-order valence-electron chi connectivity index (χ1n) is 11.3. The van der Waals surface area contributed by atoms with Gasteiger partial charge in [0.2, 0.25) is 0 Å². The molecule has 0 saturated carbocycles. The molecule has 1 aliphatic heterocycles. The summed E-state index contributed by atoms with van der Waals surface area (Å²) >= 11 is 0. The molecular weight excluding hydrogens is 474 g/mol. The van der Waals surface area contributed by atoms with Gasteiger partial charge in [0.05, 0.1) is 40.1 Å². The van der Waals surface area contributed by atoms with Crippen LogP contribution in [0.1, 0.15) is 27.2 Å². The van der Waals surface area contributed by atoms with Crippen molar-refractivity contribution in [3.63, 3.8) is 0 Å². The number of anilines is 3. The van der Waals surface area contributed by atoms with Gasteiger partial charge in [-0.25, -0.2) is 14.0 Å². The summed E-state index contributed by atoms with van der Waals surface area (Å²) in [6.07, 6.45) is 3.25. The van der Waals surface area contributed by atoms with Crippen LogP contribution in [-0.4, -0.2) is 40.3 Å². The van der Waals surface area contributed by atoms with Gasteiger partial charge in [0.1, 0.15) is 0 Å². The Labute approximate surface area is 211 Å². The zero-order valence-electron chi connectivity index (χ0n) is 19.7. The minimum atomic E-state index is -1.56. The van der Waals surface area contributed by atoms with E-state index >= 15 is 0 Å². The summed E-state index contributed by atoms with van der Waals surface area (Å²) in [7, 11) is -0.233. The highest BCUT2D eigenvalue weighted by atomic mass is 32.2.